The number of hydrogen-bond acceptors (Lipinski definition) is 3. The van der Waals surface area contributed by atoms with Gasteiger partial charge in [-0.3, -0.25) is 4.55 Å². The fraction of sp³-hybridized carbons (Fsp3) is 1.00. The summed E-state index contributed by atoms with van der Waals surface area (Å²) in [6, 6.07) is 0. The van der Waals surface area contributed by atoms with Crippen molar-refractivity contribution in [2.75, 3.05) is 0 Å². The fourth-order valence-electron chi connectivity index (χ4n) is 0.651. The molecule has 0 spiro atoms. The molecule has 0 saturated carbocycles. The van der Waals surface area contributed by atoms with Gasteiger partial charge in [0.2, 0.25) is 0 Å². The van der Waals surface area contributed by atoms with Crippen LogP contribution in [0.5, 0.6) is 0 Å². The van der Waals surface area contributed by atoms with E-state index in [4.69, 9.17) is 4.55 Å². The standard InChI is InChI=1S/C6H6F8O4S/c1-2-3(7,8)4(9,10)18-5(11,12)6(13,14)19(15,16)17/h2H2,1H3,(H,15,16,17). The van der Waals surface area contributed by atoms with Crippen LogP contribution in [0.25, 0.3) is 0 Å². The Morgan fingerprint density at radius 1 is 0.947 bits per heavy atom. The van der Waals surface area contributed by atoms with Crippen molar-refractivity contribution in [3.63, 3.8) is 0 Å². The highest BCUT2D eigenvalue weighted by atomic mass is 32.2. The third kappa shape index (κ3) is 3.25. The van der Waals surface area contributed by atoms with E-state index in [1.807, 2.05) is 4.74 Å². The molecule has 0 rings (SSSR count). The maximum absolute atomic E-state index is 12.6. The van der Waals surface area contributed by atoms with Crippen LogP contribution >= 0.6 is 0 Å². The lowest BCUT2D eigenvalue weighted by Gasteiger charge is -2.31. The summed E-state index contributed by atoms with van der Waals surface area (Å²) in [5.74, 6) is -5.26. The second-order valence-electron chi connectivity index (χ2n) is 3.19. The van der Waals surface area contributed by atoms with Gasteiger partial charge in [0.25, 0.3) is 0 Å². The molecule has 0 aromatic carbocycles. The monoisotopic (exact) mass is 326 g/mol. The molecule has 0 amide bonds. The zero-order valence-electron chi connectivity index (χ0n) is 8.81. The van der Waals surface area contributed by atoms with E-state index in [0.717, 1.165) is 0 Å². The van der Waals surface area contributed by atoms with Gasteiger partial charge >= 0.3 is 33.5 Å². The molecule has 0 aliphatic carbocycles. The first kappa shape index (κ1) is 18.3. The van der Waals surface area contributed by atoms with Crippen LogP contribution in [0.3, 0.4) is 0 Å². The summed E-state index contributed by atoms with van der Waals surface area (Å²) >= 11 is 0. The average molecular weight is 326 g/mol. The lowest BCUT2D eigenvalue weighted by molar-refractivity contribution is -0.456. The van der Waals surface area contributed by atoms with Gasteiger partial charge in [-0.15, -0.1) is 0 Å². The minimum Gasteiger partial charge on any atom is -0.281 e. The van der Waals surface area contributed by atoms with Gasteiger partial charge in [-0.2, -0.15) is 43.5 Å². The van der Waals surface area contributed by atoms with E-state index in [1.54, 1.807) is 0 Å². The smallest absolute Gasteiger partial charge is 0.281 e. The molecule has 0 aliphatic rings. The topological polar surface area (TPSA) is 63.6 Å². The summed E-state index contributed by atoms with van der Waals surface area (Å²) in [6.45, 7) is 0.413. The van der Waals surface area contributed by atoms with Crippen molar-refractivity contribution in [1.82, 2.24) is 0 Å². The van der Waals surface area contributed by atoms with Gasteiger partial charge in [0.15, 0.2) is 0 Å². The molecule has 19 heavy (non-hydrogen) atoms. The minimum atomic E-state index is -6.87. The predicted molar refractivity (Wildman–Crippen MR) is 42.7 cm³/mol. The molecule has 0 bridgehead atoms. The van der Waals surface area contributed by atoms with E-state index in [2.05, 4.69) is 0 Å². The Hall–Kier alpha value is -0.690. The summed E-state index contributed by atoms with van der Waals surface area (Å²) in [4.78, 5) is 0. The largest absolute Gasteiger partial charge is 0.460 e. The van der Waals surface area contributed by atoms with Crippen LogP contribution in [-0.4, -0.2) is 36.4 Å². The summed E-state index contributed by atoms with van der Waals surface area (Å²) in [5.41, 5.74) is 0. The molecular formula is C6H6F8O4S. The first-order valence-electron chi connectivity index (χ1n) is 4.20. The highest BCUT2D eigenvalue weighted by Gasteiger charge is 2.73. The minimum absolute atomic E-state index is 0.413. The molecular weight excluding hydrogens is 320 g/mol. The van der Waals surface area contributed by atoms with Gasteiger partial charge in [0, 0.05) is 6.42 Å². The van der Waals surface area contributed by atoms with E-state index in [1.165, 1.54) is 0 Å². The Labute approximate surface area is 101 Å². The van der Waals surface area contributed by atoms with Crippen LogP contribution in [-0.2, 0) is 14.9 Å². The summed E-state index contributed by atoms with van der Waals surface area (Å²) in [5, 5.41) is -6.53. The molecule has 0 heterocycles. The molecule has 0 saturated heterocycles. The number of rotatable bonds is 6. The SMILES string of the molecule is CCC(F)(F)C(F)(F)OC(F)(F)C(F)(F)S(=O)(=O)O. The quantitative estimate of drug-likeness (QED) is 0.602. The van der Waals surface area contributed by atoms with Crippen molar-refractivity contribution >= 4 is 10.1 Å². The van der Waals surface area contributed by atoms with E-state index in [9.17, 15) is 43.5 Å². The Morgan fingerprint density at radius 3 is 1.58 bits per heavy atom. The molecule has 0 aromatic rings. The van der Waals surface area contributed by atoms with E-state index in [0.29, 0.717) is 6.92 Å². The second kappa shape index (κ2) is 4.70. The molecule has 1 N–H and O–H groups in total. The van der Waals surface area contributed by atoms with Crippen molar-refractivity contribution < 1.29 is 52.8 Å². The Morgan fingerprint density at radius 2 is 1.32 bits per heavy atom. The molecule has 0 unspecified atom stereocenters. The van der Waals surface area contributed by atoms with Gasteiger partial charge in [-0.05, 0) is 0 Å². The highest BCUT2D eigenvalue weighted by Crippen LogP contribution is 2.47. The first-order valence-corrected chi connectivity index (χ1v) is 5.64. The summed E-state index contributed by atoms with van der Waals surface area (Å²) in [7, 11) is -6.87. The van der Waals surface area contributed by atoms with Crippen molar-refractivity contribution in [3.05, 3.63) is 0 Å². The molecule has 0 aromatic heterocycles. The zero-order valence-corrected chi connectivity index (χ0v) is 9.63. The maximum Gasteiger partial charge on any atom is 0.460 e. The third-order valence-corrected chi connectivity index (χ3v) is 2.67. The van der Waals surface area contributed by atoms with Crippen LogP contribution in [0.4, 0.5) is 35.1 Å². The lowest BCUT2D eigenvalue weighted by atomic mass is 10.2. The normalized spacial score (nSPS) is 15.7. The van der Waals surface area contributed by atoms with Crippen LogP contribution in [0.15, 0.2) is 0 Å². The van der Waals surface area contributed by atoms with E-state index < -0.39 is 39.9 Å². The lowest BCUT2D eigenvalue weighted by Crippen LogP contribution is -2.55. The summed E-state index contributed by atoms with van der Waals surface area (Å²) < 4.78 is 130. The van der Waals surface area contributed by atoms with Crippen molar-refractivity contribution in [2.45, 2.75) is 36.7 Å². The van der Waals surface area contributed by atoms with Crippen LogP contribution in [0, 0.1) is 0 Å². The van der Waals surface area contributed by atoms with Crippen LogP contribution in [0.2, 0.25) is 0 Å². The summed E-state index contributed by atoms with van der Waals surface area (Å²) in [6.07, 6.45) is -14.4. The van der Waals surface area contributed by atoms with Crippen molar-refractivity contribution in [1.29, 1.82) is 0 Å². The second-order valence-corrected chi connectivity index (χ2v) is 4.65. The highest BCUT2D eigenvalue weighted by molar-refractivity contribution is 7.86. The number of ether oxygens (including phenoxy) is 1. The van der Waals surface area contributed by atoms with Gasteiger partial charge in [-0.25, -0.2) is 4.74 Å². The van der Waals surface area contributed by atoms with E-state index >= 15 is 0 Å². The molecule has 0 aliphatic heterocycles. The number of halogens is 8. The molecule has 0 fully saturated rings. The Bertz CT molecular complexity index is 431. The number of alkyl halides is 8. The number of hydrogen-bond donors (Lipinski definition) is 1. The van der Waals surface area contributed by atoms with Gasteiger partial charge < -0.3 is 0 Å². The molecule has 4 nitrogen and oxygen atoms in total. The molecule has 116 valence electrons. The van der Waals surface area contributed by atoms with Gasteiger partial charge in [0.05, 0.1) is 0 Å². The molecule has 0 radical (unpaired) electrons. The van der Waals surface area contributed by atoms with Crippen LogP contribution < -0.4 is 0 Å². The van der Waals surface area contributed by atoms with Crippen molar-refractivity contribution in [2.24, 2.45) is 0 Å². The van der Waals surface area contributed by atoms with E-state index in [-0.39, 0.29) is 0 Å². The maximum atomic E-state index is 12.6. The fourth-order valence-corrected chi connectivity index (χ4v) is 0.993. The molecule has 13 heteroatoms. The van der Waals surface area contributed by atoms with Gasteiger partial charge in [0.1, 0.15) is 0 Å². The Kier molecular flexibility index (Phi) is 4.53. The Balaban J connectivity index is 5.51. The first-order chi connectivity index (χ1) is 8.02. The molecule has 0 atom stereocenters. The van der Waals surface area contributed by atoms with Crippen LogP contribution in [0.1, 0.15) is 13.3 Å². The zero-order chi connectivity index (χ0) is 15.9. The third-order valence-electron chi connectivity index (χ3n) is 1.79. The van der Waals surface area contributed by atoms with Gasteiger partial charge in [-0.1, -0.05) is 6.92 Å². The van der Waals surface area contributed by atoms with Crippen molar-refractivity contribution in [3.8, 4) is 0 Å². The average Bonchev–Trinajstić information content (AvgIpc) is 2.13. The predicted octanol–water partition coefficient (Wildman–Crippen LogP) is 2.71.